The first-order chi connectivity index (χ1) is 32.4. The normalized spacial score (nSPS) is 12.8. The smallest absolute Gasteiger partial charge is 0.326 e. The maximum atomic E-state index is 12.5. The van der Waals surface area contributed by atoms with E-state index in [0.29, 0.717) is 25.8 Å². The molecule has 0 aromatic heterocycles. The molecular formula is C48H82N4O16. The minimum absolute atomic E-state index is 0.0164. The van der Waals surface area contributed by atoms with Crippen molar-refractivity contribution in [3.05, 3.63) is 0 Å². The van der Waals surface area contributed by atoms with E-state index >= 15 is 0 Å². The molecule has 0 rings (SSSR count). The summed E-state index contributed by atoms with van der Waals surface area (Å²) in [6, 6.07) is -2.57. The molecule has 0 saturated carbocycles. The second kappa shape index (κ2) is 41.0. The van der Waals surface area contributed by atoms with Crippen molar-refractivity contribution in [1.82, 2.24) is 21.3 Å². The van der Waals surface area contributed by atoms with Gasteiger partial charge in [-0.1, -0.05) is 90.4 Å². The molecular weight excluding hydrogens is 889 g/mol. The van der Waals surface area contributed by atoms with Crippen molar-refractivity contribution in [2.45, 2.75) is 193 Å². The van der Waals surface area contributed by atoms with Gasteiger partial charge in [0, 0.05) is 57.5 Å². The van der Waals surface area contributed by atoms with E-state index < -0.39 is 78.4 Å². The summed E-state index contributed by atoms with van der Waals surface area (Å²) in [6.07, 6.45) is 15.7. The van der Waals surface area contributed by atoms with Crippen LogP contribution in [0.3, 0.4) is 0 Å². The number of carbonyl (C=O) groups excluding carboxylic acids is 6. The Hall–Kier alpha value is -4.98. The molecule has 0 spiro atoms. The fourth-order valence-electron chi connectivity index (χ4n) is 7.09. The molecule has 0 heterocycles. The van der Waals surface area contributed by atoms with Crippen LogP contribution in [0.25, 0.3) is 0 Å². The number of nitrogens with one attached hydrogen (secondary N) is 4. The summed E-state index contributed by atoms with van der Waals surface area (Å²) in [4.78, 5) is 119. The molecule has 20 heteroatoms. The number of ether oxygens (including phenoxy) is 2. The summed E-state index contributed by atoms with van der Waals surface area (Å²) in [5.74, 6) is -8.28. The quantitative estimate of drug-likeness (QED) is 0.0367. The number of amides is 4. The van der Waals surface area contributed by atoms with Gasteiger partial charge in [-0.25, -0.2) is 9.59 Å². The Morgan fingerprint density at radius 2 is 0.882 bits per heavy atom. The van der Waals surface area contributed by atoms with Gasteiger partial charge in [-0.15, -0.1) is 0 Å². The maximum Gasteiger partial charge on any atom is 0.326 e. The molecule has 0 aliphatic carbocycles. The SMILES string of the molecule is CC(=O)[C@@H](C)CCCCNC(=O)CC[C@H](NC(=O)CC[C@H](CC(=O)COCCOCCNC(=O)CC[C@H](NC(=O)CCCCCCCCCCCCCCCCC(=O)O)C(=O)O)C(=O)O)C(=O)O. The van der Waals surface area contributed by atoms with Crippen LogP contribution in [0.5, 0.6) is 0 Å². The predicted octanol–water partition coefficient (Wildman–Crippen LogP) is 5.11. The lowest BCUT2D eigenvalue weighted by atomic mass is 9.97. The van der Waals surface area contributed by atoms with E-state index in [1.165, 1.54) is 39.0 Å². The van der Waals surface area contributed by atoms with E-state index in [-0.39, 0.29) is 95.3 Å². The molecule has 390 valence electrons. The van der Waals surface area contributed by atoms with E-state index in [2.05, 4.69) is 21.3 Å². The van der Waals surface area contributed by atoms with Crippen molar-refractivity contribution >= 4 is 59.1 Å². The Kier molecular flexibility index (Phi) is 38.0. The Bertz CT molecular complexity index is 1530. The lowest BCUT2D eigenvalue weighted by molar-refractivity contribution is -0.145. The Labute approximate surface area is 401 Å². The minimum atomic E-state index is -1.37. The van der Waals surface area contributed by atoms with Crippen LogP contribution in [-0.4, -0.2) is 131 Å². The van der Waals surface area contributed by atoms with Crippen molar-refractivity contribution in [3.8, 4) is 0 Å². The molecule has 0 bridgehead atoms. The topological polar surface area (TPSA) is 318 Å². The highest BCUT2D eigenvalue weighted by Gasteiger charge is 2.25. The van der Waals surface area contributed by atoms with E-state index in [4.69, 9.17) is 14.6 Å². The number of ketones is 2. The lowest BCUT2D eigenvalue weighted by Crippen LogP contribution is -2.42. The van der Waals surface area contributed by atoms with Crippen LogP contribution in [0.4, 0.5) is 0 Å². The fourth-order valence-corrected chi connectivity index (χ4v) is 7.09. The first-order valence-corrected chi connectivity index (χ1v) is 24.6. The average Bonchev–Trinajstić information content (AvgIpc) is 3.27. The molecule has 20 nitrogen and oxygen atoms in total. The van der Waals surface area contributed by atoms with E-state index in [0.717, 1.165) is 57.8 Å². The second-order valence-corrected chi connectivity index (χ2v) is 17.5. The van der Waals surface area contributed by atoms with Crippen LogP contribution in [0.15, 0.2) is 0 Å². The van der Waals surface area contributed by atoms with Crippen LogP contribution in [0, 0.1) is 11.8 Å². The van der Waals surface area contributed by atoms with Gasteiger partial charge in [0.2, 0.25) is 23.6 Å². The largest absolute Gasteiger partial charge is 0.481 e. The zero-order chi connectivity index (χ0) is 51.0. The third-order valence-corrected chi connectivity index (χ3v) is 11.5. The molecule has 0 aliphatic heterocycles. The van der Waals surface area contributed by atoms with Gasteiger partial charge >= 0.3 is 23.9 Å². The first kappa shape index (κ1) is 63.0. The first-order valence-electron chi connectivity index (χ1n) is 24.6. The zero-order valence-corrected chi connectivity index (χ0v) is 40.6. The van der Waals surface area contributed by atoms with Crippen molar-refractivity contribution < 1.29 is 77.8 Å². The highest BCUT2D eigenvalue weighted by molar-refractivity contribution is 5.87. The van der Waals surface area contributed by atoms with Crippen molar-refractivity contribution in [2.75, 3.05) is 39.5 Å². The molecule has 0 saturated heterocycles. The summed E-state index contributed by atoms with van der Waals surface area (Å²) in [6.45, 7) is 3.55. The third-order valence-electron chi connectivity index (χ3n) is 11.5. The van der Waals surface area contributed by atoms with E-state index in [1.54, 1.807) is 0 Å². The Morgan fingerprint density at radius 1 is 0.441 bits per heavy atom. The van der Waals surface area contributed by atoms with Crippen LogP contribution in [0.1, 0.15) is 181 Å². The van der Waals surface area contributed by atoms with Crippen LogP contribution < -0.4 is 21.3 Å². The molecule has 0 aromatic rings. The van der Waals surface area contributed by atoms with Crippen LogP contribution in [0.2, 0.25) is 0 Å². The number of aliphatic carboxylic acids is 4. The minimum Gasteiger partial charge on any atom is -0.481 e. The second-order valence-electron chi connectivity index (χ2n) is 17.5. The van der Waals surface area contributed by atoms with Crippen molar-refractivity contribution in [2.24, 2.45) is 11.8 Å². The average molecular weight is 971 g/mol. The molecule has 0 aromatic carbocycles. The van der Waals surface area contributed by atoms with Gasteiger partial charge in [-0.05, 0) is 51.9 Å². The number of Topliss-reactive ketones (excluding diaryl/α,β-unsaturated/α-hetero) is 2. The zero-order valence-electron chi connectivity index (χ0n) is 40.6. The summed E-state index contributed by atoms with van der Waals surface area (Å²) in [5, 5.41) is 47.4. The lowest BCUT2D eigenvalue weighted by Gasteiger charge is -2.16. The highest BCUT2D eigenvalue weighted by Crippen LogP contribution is 2.16. The number of carbonyl (C=O) groups is 10. The predicted molar refractivity (Wildman–Crippen MR) is 250 cm³/mol. The van der Waals surface area contributed by atoms with Gasteiger partial charge in [-0.3, -0.25) is 38.4 Å². The number of carboxylic acids is 4. The fraction of sp³-hybridized carbons (Fsp3) is 0.792. The number of unbranched alkanes of at least 4 members (excludes halogenated alkanes) is 14. The van der Waals surface area contributed by atoms with E-state index in [1.807, 2.05) is 6.92 Å². The standard InChI is InChI=1S/C48H82N4O16/c1-35(36(2)53)19-17-18-28-49-41(55)26-23-40(48(65)66)52-44(58)25-22-37(46(61)62)33-38(54)34-68-32-31-67-30-29-50-42(56)27-24-39(47(63)64)51-43(57)20-15-13-11-9-7-5-3-4-6-8-10-12-14-16-21-45(59)60/h35,37,39-40H,3-34H2,1-2H3,(H,49,55)(H,50,56)(H,51,57)(H,52,58)(H,59,60)(H,61,62)(H,63,64)(H,65,66)/t35-,37+,39-,40-/m0/s1. The molecule has 0 radical (unpaired) electrons. The van der Waals surface area contributed by atoms with Crippen molar-refractivity contribution in [1.29, 1.82) is 0 Å². The van der Waals surface area contributed by atoms with Gasteiger partial charge in [0.1, 0.15) is 24.5 Å². The summed E-state index contributed by atoms with van der Waals surface area (Å²) >= 11 is 0. The van der Waals surface area contributed by atoms with E-state index in [9.17, 15) is 63.3 Å². The third kappa shape index (κ3) is 38.0. The van der Waals surface area contributed by atoms with Gasteiger partial charge in [0.25, 0.3) is 0 Å². The molecule has 0 aliphatic rings. The molecule has 4 amide bonds. The molecule has 68 heavy (non-hydrogen) atoms. The number of rotatable bonds is 47. The number of carboxylic acid groups (broad SMARTS) is 4. The Balaban J connectivity index is 4.11. The summed E-state index contributed by atoms with van der Waals surface area (Å²) in [5.41, 5.74) is 0. The summed E-state index contributed by atoms with van der Waals surface area (Å²) < 4.78 is 10.6. The molecule has 0 fully saturated rings. The number of hydrogen-bond donors (Lipinski definition) is 8. The van der Waals surface area contributed by atoms with Gasteiger partial charge in [0.15, 0.2) is 5.78 Å². The Morgan fingerprint density at radius 3 is 1.35 bits per heavy atom. The van der Waals surface area contributed by atoms with Crippen LogP contribution in [-0.2, 0) is 57.4 Å². The molecule has 8 N–H and O–H groups in total. The van der Waals surface area contributed by atoms with Gasteiger partial charge in [-0.2, -0.15) is 0 Å². The maximum absolute atomic E-state index is 12.5. The summed E-state index contributed by atoms with van der Waals surface area (Å²) in [7, 11) is 0. The molecule has 0 unspecified atom stereocenters. The number of hydrogen-bond acceptors (Lipinski definition) is 12. The van der Waals surface area contributed by atoms with Gasteiger partial charge in [0.05, 0.1) is 25.7 Å². The molecule has 4 atom stereocenters. The monoisotopic (exact) mass is 971 g/mol. The highest BCUT2D eigenvalue weighted by atomic mass is 16.5. The van der Waals surface area contributed by atoms with Gasteiger partial charge < -0.3 is 51.2 Å². The van der Waals surface area contributed by atoms with Crippen molar-refractivity contribution in [3.63, 3.8) is 0 Å². The van der Waals surface area contributed by atoms with Crippen LogP contribution >= 0.6 is 0 Å².